The van der Waals surface area contributed by atoms with Crippen molar-refractivity contribution in [3.8, 4) is 0 Å². The second-order valence-corrected chi connectivity index (χ2v) is 3.37. The fourth-order valence-corrected chi connectivity index (χ4v) is 1.12. The van der Waals surface area contributed by atoms with Gasteiger partial charge in [-0.1, -0.05) is 6.92 Å². The first-order chi connectivity index (χ1) is 8.54. The first kappa shape index (κ1) is 13.6. The molecular weight excluding hydrogens is 240 g/mol. The minimum absolute atomic E-state index is 0.00310. The monoisotopic (exact) mass is 252 g/mol. The predicted molar refractivity (Wildman–Crippen MR) is 62.0 cm³/mol. The highest BCUT2D eigenvalue weighted by molar-refractivity contribution is 6.04. The van der Waals surface area contributed by atoms with Crippen LogP contribution >= 0.6 is 0 Å². The lowest BCUT2D eigenvalue weighted by Crippen LogP contribution is -2.39. The van der Waals surface area contributed by atoms with Gasteiger partial charge in [-0.3, -0.25) is 10.1 Å². The lowest BCUT2D eigenvalue weighted by molar-refractivity contribution is -0.389. The maximum absolute atomic E-state index is 11.6. The molecule has 0 radical (unpaired) electrons. The third-order valence-electron chi connectivity index (χ3n) is 1.96. The van der Waals surface area contributed by atoms with Crippen molar-refractivity contribution in [1.29, 1.82) is 0 Å². The van der Waals surface area contributed by atoms with Crippen molar-refractivity contribution in [1.82, 2.24) is 15.6 Å². The molecule has 96 valence electrons. The third-order valence-corrected chi connectivity index (χ3v) is 1.96. The summed E-state index contributed by atoms with van der Waals surface area (Å²) in [6.45, 7) is 2.31. The van der Waals surface area contributed by atoms with Crippen LogP contribution in [0.15, 0.2) is 18.3 Å². The summed E-state index contributed by atoms with van der Waals surface area (Å²) in [5.41, 5.74) is 0.00310. The summed E-state index contributed by atoms with van der Waals surface area (Å²) in [6, 6.07) is 1.65. The summed E-state index contributed by atoms with van der Waals surface area (Å²) < 4.78 is 0. The van der Waals surface area contributed by atoms with Crippen LogP contribution in [-0.2, 0) is 0 Å². The number of pyridine rings is 1. The molecule has 0 aliphatic carbocycles. The van der Waals surface area contributed by atoms with E-state index in [0.717, 1.165) is 18.7 Å². The molecule has 0 aliphatic heterocycles. The molecule has 8 nitrogen and oxygen atoms in total. The molecule has 18 heavy (non-hydrogen) atoms. The fraction of sp³-hybridized carbons (Fsp3) is 0.300. The van der Waals surface area contributed by atoms with Crippen LogP contribution in [0, 0.1) is 10.1 Å². The van der Waals surface area contributed by atoms with Crippen LogP contribution in [-0.4, -0.2) is 28.4 Å². The largest absolute Gasteiger partial charge is 0.364 e. The van der Waals surface area contributed by atoms with Crippen LogP contribution in [0.1, 0.15) is 23.7 Å². The van der Waals surface area contributed by atoms with Crippen LogP contribution in [0.4, 0.5) is 10.6 Å². The number of amides is 3. The number of imide groups is 1. The van der Waals surface area contributed by atoms with Gasteiger partial charge in [-0.2, -0.15) is 0 Å². The number of rotatable bonds is 4. The molecule has 8 heteroatoms. The van der Waals surface area contributed by atoms with E-state index in [1.54, 1.807) is 0 Å². The molecule has 0 unspecified atom stereocenters. The summed E-state index contributed by atoms with van der Waals surface area (Å²) in [6.07, 6.45) is 1.87. The fourth-order valence-electron chi connectivity index (χ4n) is 1.12. The molecule has 1 heterocycles. The Balaban J connectivity index is 2.69. The van der Waals surface area contributed by atoms with Crippen molar-refractivity contribution in [2.75, 3.05) is 6.54 Å². The normalized spacial score (nSPS) is 9.61. The van der Waals surface area contributed by atoms with Crippen LogP contribution in [0.25, 0.3) is 0 Å². The lowest BCUT2D eigenvalue weighted by atomic mass is 10.2. The standard InChI is InChI=1S/C10H12N4O4/c1-2-4-12-10(16)13-9(15)7-3-5-11-8(6-7)14(17)18/h3,5-6H,2,4H2,1H3,(H2,12,13,15,16). The van der Waals surface area contributed by atoms with E-state index in [-0.39, 0.29) is 5.56 Å². The maximum Gasteiger partial charge on any atom is 0.364 e. The molecule has 0 bridgehead atoms. The molecule has 0 saturated heterocycles. The number of carbonyl (C=O) groups excluding carboxylic acids is 2. The Morgan fingerprint density at radius 1 is 1.50 bits per heavy atom. The number of nitrogens with one attached hydrogen (secondary N) is 2. The minimum atomic E-state index is -0.714. The van der Waals surface area contributed by atoms with Gasteiger partial charge in [0.1, 0.15) is 6.20 Å². The Bertz CT molecular complexity index is 475. The third kappa shape index (κ3) is 3.81. The number of hydrogen-bond donors (Lipinski definition) is 2. The molecule has 3 amide bonds. The number of nitrogens with zero attached hydrogens (tertiary/aromatic N) is 2. The van der Waals surface area contributed by atoms with Crippen molar-refractivity contribution in [3.63, 3.8) is 0 Å². The van der Waals surface area contributed by atoms with E-state index >= 15 is 0 Å². The lowest BCUT2D eigenvalue weighted by Gasteiger charge is -2.04. The van der Waals surface area contributed by atoms with Gasteiger partial charge < -0.3 is 15.4 Å². The first-order valence-electron chi connectivity index (χ1n) is 5.24. The zero-order valence-corrected chi connectivity index (χ0v) is 9.67. The van der Waals surface area contributed by atoms with E-state index in [1.165, 1.54) is 6.07 Å². The average Bonchev–Trinajstić information content (AvgIpc) is 2.36. The second-order valence-electron chi connectivity index (χ2n) is 3.37. The van der Waals surface area contributed by atoms with Gasteiger partial charge >= 0.3 is 11.8 Å². The van der Waals surface area contributed by atoms with E-state index in [1.807, 2.05) is 6.92 Å². The van der Waals surface area contributed by atoms with Gasteiger partial charge in [-0.25, -0.2) is 4.79 Å². The number of carbonyl (C=O) groups is 2. The molecule has 2 N–H and O–H groups in total. The summed E-state index contributed by atoms with van der Waals surface area (Å²) in [5, 5.41) is 15.0. The number of nitro groups is 1. The van der Waals surface area contributed by atoms with E-state index in [9.17, 15) is 19.7 Å². The molecule has 0 saturated carbocycles. The van der Waals surface area contributed by atoms with Crippen molar-refractivity contribution in [2.45, 2.75) is 13.3 Å². The summed E-state index contributed by atoms with van der Waals surface area (Å²) in [7, 11) is 0. The SMILES string of the molecule is CCCNC(=O)NC(=O)c1ccnc([N+](=O)[O-])c1. The van der Waals surface area contributed by atoms with Gasteiger partial charge in [-0.05, 0) is 22.4 Å². The summed E-state index contributed by atoms with van der Waals surface area (Å²) in [4.78, 5) is 36.0. The first-order valence-corrected chi connectivity index (χ1v) is 5.24. The van der Waals surface area contributed by atoms with Crippen molar-refractivity contribution < 1.29 is 14.5 Å². The average molecular weight is 252 g/mol. The molecule has 1 aromatic rings. The maximum atomic E-state index is 11.6. The van der Waals surface area contributed by atoms with E-state index < -0.39 is 22.7 Å². The predicted octanol–water partition coefficient (Wildman–Crippen LogP) is 0.839. The molecule has 0 aliphatic rings. The highest BCUT2D eigenvalue weighted by Crippen LogP contribution is 2.08. The van der Waals surface area contributed by atoms with E-state index in [4.69, 9.17) is 0 Å². The molecular formula is C10H12N4O4. The Morgan fingerprint density at radius 2 is 2.22 bits per heavy atom. The van der Waals surface area contributed by atoms with Gasteiger partial charge in [0, 0.05) is 12.6 Å². The molecule has 0 atom stereocenters. The van der Waals surface area contributed by atoms with Crippen LogP contribution in [0.2, 0.25) is 0 Å². The van der Waals surface area contributed by atoms with Crippen molar-refractivity contribution >= 4 is 17.8 Å². The smallest absolute Gasteiger partial charge is 0.358 e. The van der Waals surface area contributed by atoms with Gasteiger partial charge in [-0.15, -0.1) is 0 Å². The van der Waals surface area contributed by atoms with Gasteiger partial charge in [0.05, 0.1) is 5.56 Å². The minimum Gasteiger partial charge on any atom is -0.358 e. The Labute approximate surface area is 103 Å². The van der Waals surface area contributed by atoms with Crippen molar-refractivity contribution in [3.05, 3.63) is 34.0 Å². The number of aromatic nitrogens is 1. The number of urea groups is 1. The second kappa shape index (κ2) is 6.28. The quantitative estimate of drug-likeness (QED) is 0.608. The zero-order chi connectivity index (χ0) is 13.5. The molecule has 1 aromatic heterocycles. The van der Waals surface area contributed by atoms with E-state index in [0.29, 0.717) is 6.54 Å². The van der Waals surface area contributed by atoms with Crippen LogP contribution < -0.4 is 10.6 Å². The molecule has 0 spiro atoms. The highest BCUT2D eigenvalue weighted by Gasteiger charge is 2.14. The topological polar surface area (TPSA) is 114 Å². The highest BCUT2D eigenvalue weighted by atomic mass is 16.6. The molecule has 0 fully saturated rings. The Morgan fingerprint density at radius 3 is 2.83 bits per heavy atom. The summed E-state index contributed by atoms with van der Waals surface area (Å²) in [5.74, 6) is -1.16. The summed E-state index contributed by atoms with van der Waals surface area (Å²) >= 11 is 0. The Kier molecular flexibility index (Phi) is 4.73. The Hall–Kier alpha value is -2.51. The van der Waals surface area contributed by atoms with Crippen LogP contribution in [0.5, 0.6) is 0 Å². The zero-order valence-electron chi connectivity index (χ0n) is 9.67. The van der Waals surface area contributed by atoms with Gasteiger partial charge in [0.2, 0.25) is 0 Å². The molecule has 0 aromatic carbocycles. The van der Waals surface area contributed by atoms with Gasteiger partial charge in [0.15, 0.2) is 0 Å². The van der Waals surface area contributed by atoms with Crippen LogP contribution in [0.3, 0.4) is 0 Å². The van der Waals surface area contributed by atoms with Gasteiger partial charge in [0.25, 0.3) is 5.91 Å². The number of hydrogen-bond acceptors (Lipinski definition) is 5. The van der Waals surface area contributed by atoms with E-state index in [2.05, 4.69) is 15.6 Å². The van der Waals surface area contributed by atoms with Crippen molar-refractivity contribution in [2.24, 2.45) is 0 Å². The molecule has 1 rings (SSSR count).